The lowest BCUT2D eigenvalue weighted by Gasteiger charge is -2.18. The van der Waals surface area contributed by atoms with Gasteiger partial charge in [0.2, 0.25) is 5.91 Å². The third-order valence-electron chi connectivity index (χ3n) is 2.03. The molecule has 0 aliphatic carbocycles. The van der Waals surface area contributed by atoms with E-state index in [1.54, 1.807) is 0 Å². The van der Waals surface area contributed by atoms with Crippen LogP contribution in [0.15, 0.2) is 0 Å². The molecule has 0 aromatic rings. The molecule has 1 aliphatic rings. The maximum absolute atomic E-state index is 11.3. The molecule has 1 fully saturated rings. The minimum atomic E-state index is -1.15. The van der Waals surface area contributed by atoms with Gasteiger partial charge < -0.3 is 9.84 Å². The smallest absolute Gasteiger partial charge is 0.326 e. The highest BCUT2D eigenvalue weighted by Crippen LogP contribution is 2.18. The summed E-state index contributed by atoms with van der Waals surface area (Å²) >= 11 is 0. The van der Waals surface area contributed by atoms with Gasteiger partial charge in [-0.2, -0.15) is 0 Å². The van der Waals surface area contributed by atoms with Gasteiger partial charge in [-0.3, -0.25) is 14.5 Å². The highest BCUT2D eigenvalue weighted by atomic mass is 16.5. The molecule has 1 saturated heterocycles. The molecule has 14 heavy (non-hydrogen) atoms. The van der Waals surface area contributed by atoms with Crippen molar-refractivity contribution in [3.05, 3.63) is 0 Å². The molecule has 6 nitrogen and oxygen atoms in total. The van der Waals surface area contributed by atoms with Crippen LogP contribution in [-0.2, 0) is 19.1 Å². The molecular weight excluding hydrogens is 190 g/mol. The van der Waals surface area contributed by atoms with E-state index in [0.717, 1.165) is 4.90 Å². The number of rotatable bonds is 3. The Bertz CT molecular complexity index is 275. The highest BCUT2D eigenvalue weighted by Gasteiger charge is 2.39. The molecule has 0 aromatic carbocycles. The number of hydrogen-bond acceptors (Lipinski definition) is 4. The van der Waals surface area contributed by atoms with Gasteiger partial charge in [0.1, 0.15) is 12.6 Å². The fourth-order valence-electron chi connectivity index (χ4n) is 1.42. The summed E-state index contributed by atoms with van der Waals surface area (Å²) in [4.78, 5) is 33.9. The van der Waals surface area contributed by atoms with Crippen molar-refractivity contribution in [3.8, 4) is 0 Å². The third kappa shape index (κ3) is 1.90. The molecule has 78 valence electrons. The van der Waals surface area contributed by atoms with Crippen molar-refractivity contribution in [2.75, 3.05) is 13.7 Å². The van der Waals surface area contributed by atoms with Crippen LogP contribution in [0.5, 0.6) is 0 Å². The van der Waals surface area contributed by atoms with E-state index in [2.05, 4.69) is 4.74 Å². The Balaban J connectivity index is 2.76. The van der Waals surface area contributed by atoms with Crippen molar-refractivity contribution in [2.24, 2.45) is 0 Å². The Hall–Kier alpha value is -1.43. The van der Waals surface area contributed by atoms with Gasteiger partial charge in [-0.05, 0) is 6.42 Å². The summed E-state index contributed by atoms with van der Waals surface area (Å²) in [6.45, 7) is -0.268. The second kappa shape index (κ2) is 4.19. The van der Waals surface area contributed by atoms with Crippen molar-refractivity contribution in [2.45, 2.75) is 18.9 Å². The van der Waals surface area contributed by atoms with Gasteiger partial charge in [0.05, 0.1) is 0 Å². The minimum Gasteiger partial charge on any atom is -0.480 e. The van der Waals surface area contributed by atoms with E-state index in [0.29, 0.717) is 0 Å². The van der Waals surface area contributed by atoms with Gasteiger partial charge >= 0.3 is 5.97 Å². The first-order valence-electron chi connectivity index (χ1n) is 4.14. The summed E-state index contributed by atoms with van der Waals surface area (Å²) in [6, 6.07) is -1.02. The van der Waals surface area contributed by atoms with Crippen molar-refractivity contribution in [1.82, 2.24) is 4.90 Å². The maximum atomic E-state index is 11.3. The average molecular weight is 201 g/mol. The quantitative estimate of drug-likeness (QED) is 0.648. The number of imide groups is 1. The maximum Gasteiger partial charge on any atom is 0.326 e. The molecule has 1 unspecified atom stereocenters. The molecule has 1 N–H and O–H groups in total. The average Bonchev–Trinajstić information content (AvgIpc) is 2.47. The van der Waals surface area contributed by atoms with E-state index in [1.807, 2.05) is 0 Å². The number of hydrogen-bond donors (Lipinski definition) is 1. The second-order valence-electron chi connectivity index (χ2n) is 2.98. The fourth-order valence-corrected chi connectivity index (χ4v) is 1.42. The first-order chi connectivity index (χ1) is 6.57. The number of carboxylic acids is 1. The van der Waals surface area contributed by atoms with E-state index in [-0.39, 0.29) is 19.4 Å². The molecule has 0 aromatic heterocycles. The van der Waals surface area contributed by atoms with Crippen molar-refractivity contribution >= 4 is 17.8 Å². The van der Waals surface area contributed by atoms with Gasteiger partial charge in [-0.25, -0.2) is 4.79 Å². The first kappa shape index (κ1) is 10.6. The summed E-state index contributed by atoms with van der Waals surface area (Å²) < 4.78 is 4.56. The lowest BCUT2D eigenvalue weighted by Crippen LogP contribution is -2.44. The topological polar surface area (TPSA) is 83.9 Å². The van der Waals surface area contributed by atoms with E-state index >= 15 is 0 Å². The van der Waals surface area contributed by atoms with Crippen LogP contribution < -0.4 is 0 Å². The number of carboxylic acid groups (broad SMARTS) is 1. The number of likely N-dealkylation sites (tertiary alicyclic amines) is 1. The van der Waals surface area contributed by atoms with Crippen molar-refractivity contribution in [3.63, 3.8) is 0 Å². The Kier molecular flexibility index (Phi) is 3.19. The van der Waals surface area contributed by atoms with Gasteiger partial charge in [-0.1, -0.05) is 0 Å². The molecule has 0 spiro atoms. The summed E-state index contributed by atoms with van der Waals surface area (Å²) in [5, 5.41) is 8.73. The van der Waals surface area contributed by atoms with E-state index in [4.69, 9.17) is 5.11 Å². The number of methoxy groups -OCH3 is 1. The predicted octanol–water partition coefficient (Wildman–Crippen LogP) is -0.765. The summed E-state index contributed by atoms with van der Waals surface area (Å²) in [5.41, 5.74) is 0. The molecule has 0 radical (unpaired) electrons. The van der Waals surface area contributed by atoms with E-state index in [9.17, 15) is 14.4 Å². The Morgan fingerprint density at radius 3 is 2.79 bits per heavy atom. The Morgan fingerprint density at radius 2 is 2.29 bits per heavy atom. The van der Waals surface area contributed by atoms with E-state index in [1.165, 1.54) is 7.11 Å². The molecule has 6 heteroatoms. The van der Waals surface area contributed by atoms with Gasteiger partial charge in [-0.15, -0.1) is 0 Å². The number of ether oxygens (including phenoxy) is 1. The summed E-state index contributed by atoms with van der Waals surface area (Å²) in [6.07, 6.45) is 0.288. The number of carbonyl (C=O) groups is 3. The molecule has 1 atom stereocenters. The van der Waals surface area contributed by atoms with Crippen LogP contribution in [0.25, 0.3) is 0 Å². The fraction of sp³-hybridized carbons (Fsp3) is 0.625. The zero-order chi connectivity index (χ0) is 10.7. The molecular formula is C8H11NO5. The zero-order valence-corrected chi connectivity index (χ0v) is 7.73. The number of carbonyl (C=O) groups excluding carboxylic acids is 2. The van der Waals surface area contributed by atoms with Crippen LogP contribution in [0.3, 0.4) is 0 Å². The molecule has 2 amide bonds. The molecule has 0 bridgehead atoms. The normalized spacial score (nSPS) is 21.4. The minimum absolute atomic E-state index is 0.104. The van der Waals surface area contributed by atoms with Crippen molar-refractivity contribution < 1.29 is 24.2 Å². The number of aliphatic carboxylic acids is 1. The lowest BCUT2D eigenvalue weighted by molar-refractivity contribution is -0.155. The van der Waals surface area contributed by atoms with Crippen LogP contribution in [-0.4, -0.2) is 47.5 Å². The summed E-state index contributed by atoms with van der Waals surface area (Å²) in [5.74, 6) is -2.19. The largest absolute Gasteiger partial charge is 0.480 e. The molecule has 1 aliphatic heterocycles. The van der Waals surface area contributed by atoms with Gasteiger partial charge in [0, 0.05) is 13.5 Å². The standard InChI is InChI=1S/C8H11NO5/c1-14-4-7(11)9-5(8(12)13)2-3-6(9)10/h5H,2-4H2,1H3,(H,12,13). The SMILES string of the molecule is COCC(=O)N1C(=O)CCC1C(=O)O. The zero-order valence-electron chi connectivity index (χ0n) is 7.73. The van der Waals surface area contributed by atoms with E-state index < -0.39 is 23.8 Å². The van der Waals surface area contributed by atoms with Crippen LogP contribution in [0.1, 0.15) is 12.8 Å². The molecule has 1 rings (SSSR count). The van der Waals surface area contributed by atoms with Crippen LogP contribution >= 0.6 is 0 Å². The van der Waals surface area contributed by atoms with Gasteiger partial charge in [0.25, 0.3) is 5.91 Å². The Labute approximate surface area is 80.4 Å². The molecule has 1 heterocycles. The summed E-state index contributed by atoms with van der Waals surface area (Å²) in [7, 11) is 1.31. The van der Waals surface area contributed by atoms with Crippen LogP contribution in [0.2, 0.25) is 0 Å². The first-order valence-corrected chi connectivity index (χ1v) is 4.14. The predicted molar refractivity (Wildman–Crippen MR) is 44.4 cm³/mol. The van der Waals surface area contributed by atoms with Crippen LogP contribution in [0, 0.1) is 0 Å². The Morgan fingerprint density at radius 1 is 1.64 bits per heavy atom. The lowest BCUT2D eigenvalue weighted by atomic mass is 10.2. The van der Waals surface area contributed by atoms with Crippen molar-refractivity contribution in [1.29, 1.82) is 0 Å². The number of nitrogens with zero attached hydrogens (tertiary/aromatic N) is 1. The van der Waals surface area contributed by atoms with Crippen LogP contribution in [0.4, 0.5) is 0 Å². The highest BCUT2D eigenvalue weighted by molar-refractivity contribution is 6.01. The number of amides is 2. The molecule has 0 saturated carbocycles. The third-order valence-corrected chi connectivity index (χ3v) is 2.03. The second-order valence-corrected chi connectivity index (χ2v) is 2.98. The monoisotopic (exact) mass is 201 g/mol. The van der Waals surface area contributed by atoms with Gasteiger partial charge in [0.15, 0.2) is 0 Å².